The third kappa shape index (κ3) is 3.58. The lowest BCUT2D eigenvalue weighted by atomic mass is 9.82. The molecule has 136 valence electrons. The smallest absolute Gasteiger partial charge is 0.222 e. The normalized spacial score (nSPS) is 22.3. The van der Waals surface area contributed by atoms with Gasteiger partial charge in [-0.15, -0.1) is 0 Å². The first-order valence-corrected chi connectivity index (χ1v) is 8.79. The predicted octanol–water partition coefficient (Wildman–Crippen LogP) is 3.26. The van der Waals surface area contributed by atoms with Crippen LogP contribution in [0.4, 0.5) is 14.7 Å². The lowest BCUT2D eigenvalue weighted by Crippen LogP contribution is -2.23. The minimum absolute atomic E-state index is 0.105. The summed E-state index contributed by atoms with van der Waals surface area (Å²) in [5.74, 6) is -1.23. The molecule has 2 aliphatic rings. The van der Waals surface area contributed by atoms with Gasteiger partial charge in [-0.3, -0.25) is 4.79 Å². The minimum Gasteiger partial charge on any atom is -0.376 e. The molecule has 5 nitrogen and oxygen atoms in total. The Morgan fingerprint density at radius 1 is 1.19 bits per heavy atom. The number of ketones is 1. The van der Waals surface area contributed by atoms with Crippen molar-refractivity contribution in [2.75, 3.05) is 18.5 Å². The third-order valence-electron chi connectivity index (χ3n) is 4.91. The number of ether oxygens (including phenoxy) is 1. The van der Waals surface area contributed by atoms with E-state index in [1.54, 1.807) is 0 Å². The van der Waals surface area contributed by atoms with Gasteiger partial charge in [0.2, 0.25) is 5.95 Å². The van der Waals surface area contributed by atoms with E-state index in [0.717, 1.165) is 25.5 Å². The van der Waals surface area contributed by atoms with Gasteiger partial charge in [0.05, 0.1) is 17.4 Å². The zero-order valence-electron chi connectivity index (χ0n) is 14.2. The average molecular weight is 359 g/mol. The number of carbonyl (C=O) groups excluding carboxylic acids is 1. The maximum absolute atomic E-state index is 13.5. The molecule has 1 aliphatic heterocycles. The number of hydrogen-bond acceptors (Lipinski definition) is 5. The molecule has 26 heavy (non-hydrogen) atoms. The molecule has 2 atom stereocenters. The highest BCUT2D eigenvalue weighted by Crippen LogP contribution is 2.32. The molecule has 0 amide bonds. The molecule has 1 aromatic carbocycles. The standard InChI is InChI=1S/C19H19F2N3O2/c20-13-4-11(5-14(21)8-13)12-6-17-16(18(25)7-12)10-23-19(24-17)22-9-15-2-1-3-26-15/h4-5,8,10,12,15H,1-3,6-7,9H2,(H,22,23,24)/t12-,15+/m1/s1. The van der Waals surface area contributed by atoms with Crippen LogP contribution in [0.5, 0.6) is 0 Å². The second-order valence-corrected chi connectivity index (χ2v) is 6.80. The number of nitrogens with zero attached hydrogens (tertiary/aromatic N) is 2. The van der Waals surface area contributed by atoms with Crippen LogP contribution >= 0.6 is 0 Å². The number of anilines is 1. The van der Waals surface area contributed by atoms with Crippen molar-refractivity contribution < 1.29 is 18.3 Å². The number of halogens is 2. The molecule has 0 saturated carbocycles. The first kappa shape index (κ1) is 17.0. The van der Waals surface area contributed by atoms with Gasteiger partial charge in [0, 0.05) is 31.8 Å². The largest absolute Gasteiger partial charge is 0.376 e. The fourth-order valence-corrected chi connectivity index (χ4v) is 3.59. The van der Waals surface area contributed by atoms with Gasteiger partial charge in [0.25, 0.3) is 0 Å². The molecule has 2 heterocycles. The van der Waals surface area contributed by atoms with Gasteiger partial charge in [-0.1, -0.05) is 0 Å². The summed E-state index contributed by atoms with van der Waals surface area (Å²) >= 11 is 0. The maximum Gasteiger partial charge on any atom is 0.222 e. The van der Waals surface area contributed by atoms with E-state index in [1.807, 2.05) is 0 Å². The number of nitrogens with one attached hydrogen (secondary N) is 1. The quantitative estimate of drug-likeness (QED) is 0.908. The lowest BCUT2D eigenvalue weighted by Gasteiger charge is -2.23. The second-order valence-electron chi connectivity index (χ2n) is 6.80. The van der Waals surface area contributed by atoms with Gasteiger partial charge < -0.3 is 10.1 Å². The van der Waals surface area contributed by atoms with Crippen molar-refractivity contribution in [1.29, 1.82) is 0 Å². The number of fused-ring (bicyclic) bond motifs is 1. The lowest BCUT2D eigenvalue weighted by molar-refractivity contribution is 0.0962. The van der Waals surface area contributed by atoms with E-state index in [4.69, 9.17) is 4.74 Å². The Labute approximate surface area is 149 Å². The van der Waals surface area contributed by atoms with Crippen molar-refractivity contribution >= 4 is 11.7 Å². The molecule has 0 bridgehead atoms. The van der Waals surface area contributed by atoms with E-state index in [0.29, 0.717) is 35.7 Å². The van der Waals surface area contributed by atoms with Crippen LogP contribution in [0.25, 0.3) is 0 Å². The van der Waals surface area contributed by atoms with Crippen LogP contribution in [0.2, 0.25) is 0 Å². The molecule has 0 radical (unpaired) electrons. The number of hydrogen-bond donors (Lipinski definition) is 1. The summed E-state index contributed by atoms with van der Waals surface area (Å²) in [5.41, 5.74) is 1.58. The van der Waals surface area contributed by atoms with E-state index in [2.05, 4.69) is 15.3 Å². The van der Waals surface area contributed by atoms with E-state index in [-0.39, 0.29) is 24.2 Å². The number of rotatable bonds is 4. The SMILES string of the molecule is O=C1C[C@H](c2cc(F)cc(F)c2)Cc2nc(NC[C@@H]3CCCO3)ncc21. The zero-order chi connectivity index (χ0) is 18.1. The highest BCUT2D eigenvalue weighted by molar-refractivity contribution is 5.98. The third-order valence-corrected chi connectivity index (χ3v) is 4.91. The van der Waals surface area contributed by atoms with Crippen molar-refractivity contribution in [2.45, 2.75) is 37.7 Å². The van der Waals surface area contributed by atoms with Crippen molar-refractivity contribution in [2.24, 2.45) is 0 Å². The molecule has 4 rings (SSSR count). The van der Waals surface area contributed by atoms with Gasteiger partial charge in [-0.05, 0) is 42.9 Å². The molecule has 7 heteroatoms. The van der Waals surface area contributed by atoms with Crippen LogP contribution in [0.15, 0.2) is 24.4 Å². The van der Waals surface area contributed by atoms with E-state index in [9.17, 15) is 13.6 Å². The molecule has 0 spiro atoms. The van der Waals surface area contributed by atoms with Crippen molar-refractivity contribution in [3.05, 3.63) is 52.9 Å². The summed E-state index contributed by atoms with van der Waals surface area (Å²) < 4.78 is 32.6. The van der Waals surface area contributed by atoms with Crippen LogP contribution < -0.4 is 5.32 Å². The molecule has 1 fully saturated rings. The molecule has 1 N–H and O–H groups in total. The Kier molecular flexibility index (Phi) is 4.63. The summed E-state index contributed by atoms with van der Waals surface area (Å²) in [4.78, 5) is 21.1. The van der Waals surface area contributed by atoms with Crippen LogP contribution in [0.1, 0.15) is 46.8 Å². The molecule has 2 aromatic rings. The Hall–Kier alpha value is -2.41. The number of benzene rings is 1. The second kappa shape index (κ2) is 7.07. The van der Waals surface area contributed by atoms with Crippen molar-refractivity contribution in [1.82, 2.24) is 9.97 Å². The van der Waals surface area contributed by atoms with Crippen LogP contribution in [0.3, 0.4) is 0 Å². The molecule has 1 saturated heterocycles. The molecule has 0 unspecified atom stereocenters. The van der Waals surface area contributed by atoms with E-state index >= 15 is 0 Å². The summed E-state index contributed by atoms with van der Waals surface area (Å²) in [5, 5.41) is 3.15. The Morgan fingerprint density at radius 2 is 2.00 bits per heavy atom. The van der Waals surface area contributed by atoms with Crippen molar-refractivity contribution in [3.8, 4) is 0 Å². The minimum atomic E-state index is -0.639. The topological polar surface area (TPSA) is 64.1 Å². The zero-order valence-corrected chi connectivity index (χ0v) is 14.2. The molecular formula is C19H19F2N3O2. The Morgan fingerprint density at radius 3 is 2.73 bits per heavy atom. The summed E-state index contributed by atoms with van der Waals surface area (Å²) in [7, 11) is 0. The highest BCUT2D eigenvalue weighted by Gasteiger charge is 2.29. The van der Waals surface area contributed by atoms with E-state index < -0.39 is 11.6 Å². The fraction of sp³-hybridized carbons (Fsp3) is 0.421. The fourth-order valence-electron chi connectivity index (χ4n) is 3.59. The first-order chi connectivity index (χ1) is 12.6. The van der Waals surface area contributed by atoms with Gasteiger partial charge in [-0.25, -0.2) is 18.7 Å². The predicted molar refractivity (Wildman–Crippen MR) is 91.2 cm³/mol. The maximum atomic E-state index is 13.5. The van der Waals surface area contributed by atoms with Crippen LogP contribution in [-0.2, 0) is 11.2 Å². The molecule has 1 aromatic heterocycles. The number of carbonyl (C=O) groups is 1. The van der Waals surface area contributed by atoms with Gasteiger partial charge >= 0.3 is 0 Å². The van der Waals surface area contributed by atoms with Gasteiger partial charge in [0.15, 0.2) is 5.78 Å². The summed E-state index contributed by atoms with van der Waals surface area (Å²) in [6.07, 6.45) is 4.38. The molecular weight excluding hydrogens is 340 g/mol. The number of aromatic nitrogens is 2. The van der Waals surface area contributed by atoms with E-state index in [1.165, 1.54) is 18.3 Å². The van der Waals surface area contributed by atoms with Crippen LogP contribution in [-0.4, -0.2) is 35.0 Å². The molecule has 1 aliphatic carbocycles. The summed E-state index contributed by atoms with van der Waals surface area (Å²) in [6.45, 7) is 1.39. The first-order valence-electron chi connectivity index (χ1n) is 8.79. The highest BCUT2D eigenvalue weighted by atomic mass is 19.1. The average Bonchev–Trinajstić information content (AvgIpc) is 3.12. The monoisotopic (exact) mass is 359 g/mol. The summed E-state index contributed by atoms with van der Waals surface area (Å²) in [6, 6.07) is 3.39. The van der Waals surface area contributed by atoms with Gasteiger partial charge in [0.1, 0.15) is 11.6 Å². The number of Topliss-reactive ketones (excluding diaryl/α,β-unsaturated/α-hetero) is 1. The van der Waals surface area contributed by atoms with Crippen molar-refractivity contribution in [3.63, 3.8) is 0 Å². The van der Waals surface area contributed by atoms with Gasteiger partial charge in [-0.2, -0.15) is 0 Å². The Balaban J connectivity index is 1.53. The Bertz CT molecular complexity index is 817. The van der Waals surface area contributed by atoms with Crippen LogP contribution in [0, 0.1) is 11.6 Å².